The van der Waals surface area contributed by atoms with Crippen molar-refractivity contribution >= 4 is 39.0 Å². The fourth-order valence-corrected chi connectivity index (χ4v) is 2.02. The first-order valence-corrected chi connectivity index (χ1v) is 6.72. The summed E-state index contributed by atoms with van der Waals surface area (Å²) in [4.78, 5) is 14.2. The van der Waals surface area contributed by atoms with Gasteiger partial charge in [0.25, 0.3) is 0 Å². The maximum atomic E-state index is 13.5. The Morgan fingerprint density at radius 2 is 2.19 bits per heavy atom. The highest BCUT2D eigenvalue weighted by Gasteiger charge is 2.19. The molecule has 0 saturated carbocycles. The topological polar surface area (TPSA) is 91.3 Å². The minimum Gasteiger partial charge on any atom is -0.480 e. The number of hydrogen-bond acceptors (Lipinski definition) is 5. The van der Waals surface area contributed by atoms with Gasteiger partial charge in [-0.05, 0) is 28.1 Å². The van der Waals surface area contributed by atoms with Gasteiger partial charge in [-0.15, -0.1) is 0 Å². The summed E-state index contributed by atoms with van der Waals surface area (Å²) in [5.74, 6) is -0.669. The Morgan fingerprint density at radius 1 is 1.48 bits per heavy atom. The lowest BCUT2D eigenvalue weighted by Gasteiger charge is -2.09. The second kappa shape index (κ2) is 6.23. The number of nitrogens with two attached hydrogens (primary N) is 1. The molecule has 1 heterocycles. The van der Waals surface area contributed by atoms with E-state index in [0.717, 1.165) is 12.1 Å². The SMILES string of the molecule is Nc1ccc(Cl)c(COc2cc(F)c(Br)cc2[N+](=O)[O-])n1. The molecule has 21 heavy (non-hydrogen) atoms. The third kappa shape index (κ3) is 3.59. The number of ether oxygens (including phenoxy) is 1. The van der Waals surface area contributed by atoms with Crippen molar-refractivity contribution < 1.29 is 14.1 Å². The average molecular weight is 377 g/mol. The Morgan fingerprint density at radius 3 is 2.86 bits per heavy atom. The molecule has 1 aromatic heterocycles. The van der Waals surface area contributed by atoms with E-state index in [1.54, 1.807) is 0 Å². The predicted octanol–water partition coefficient (Wildman–Crippen LogP) is 3.71. The summed E-state index contributed by atoms with van der Waals surface area (Å²) in [6.07, 6.45) is 0. The molecule has 0 amide bonds. The van der Waals surface area contributed by atoms with Crippen LogP contribution >= 0.6 is 27.5 Å². The van der Waals surface area contributed by atoms with Gasteiger partial charge in [-0.3, -0.25) is 10.1 Å². The summed E-state index contributed by atoms with van der Waals surface area (Å²) < 4.78 is 18.7. The van der Waals surface area contributed by atoms with Crippen LogP contribution in [0.3, 0.4) is 0 Å². The summed E-state index contributed by atoms with van der Waals surface area (Å²) in [6.45, 7) is -0.175. The van der Waals surface area contributed by atoms with Crippen LogP contribution in [0.5, 0.6) is 5.75 Å². The maximum Gasteiger partial charge on any atom is 0.312 e. The van der Waals surface area contributed by atoms with E-state index in [1.165, 1.54) is 12.1 Å². The van der Waals surface area contributed by atoms with Crippen molar-refractivity contribution in [2.75, 3.05) is 5.73 Å². The summed E-state index contributed by atoms with van der Waals surface area (Å²) >= 11 is 8.79. The molecule has 0 saturated heterocycles. The molecule has 0 spiro atoms. The van der Waals surface area contributed by atoms with E-state index in [1.807, 2.05) is 0 Å². The first kappa shape index (κ1) is 15.5. The number of hydrogen-bond donors (Lipinski definition) is 1. The molecule has 0 unspecified atom stereocenters. The Bertz CT molecular complexity index is 714. The first-order chi connectivity index (χ1) is 9.88. The molecule has 0 aliphatic rings. The molecule has 1 aromatic carbocycles. The van der Waals surface area contributed by atoms with Crippen molar-refractivity contribution in [3.05, 3.63) is 55.4 Å². The quantitative estimate of drug-likeness (QED) is 0.649. The van der Waals surface area contributed by atoms with Crippen LogP contribution in [0, 0.1) is 15.9 Å². The molecule has 110 valence electrons. The number of nitro groups is 1. The molecular weight excluding hydrogens is 369 g/mol. The number of aromatic nitrogens is 1. The van der Waals surface area contributed by atoms with Crippen molar-refractivity contribution in [3.63, 3.8) is 0 Å². The maximum absolute atomic E-state index is 13.5. The van der Waals surface area contributed by atoms with Gasteiger partial charge in [-0.25, -0.2) is 9.37 Å². The van der Waals surface area contributed by atoms with Crippen LogP contribution in [0.1, 0.15) is 5.69 Å². The van der Waals surface area contributed by atoms with Crippen molar-refractivity contribution in [1.29, 1.82) is 0 Å². The van der Waals surface area contributed by atoms with Crippen LogP contribution in [0.4, 0.5) is 15.9 Å². The van der Waals surface area contributed by atoms with Gasteiger partial charge >= 0.3 is 5.69 Å². The summed E-state index contributed by atoms with van der Waals surface area (Å²) in [6, 6.07) is 4.98. The van der Waals surface area contributed by atoms with E-state index < -0.39 is 10.7 Å². The molecule has 0 radical (unpaired) electrons. The molecule has 0 atom stereocenters. The highest BCUT2D eigenvalue weighted by molar-refractivity contribution is 9.10. The number of halogens is 3. The Labute approximate surface area is 132 Å². The highest BCUT2D eigenvalue weighted by atomic mass is 79.9. The van der Waals surface area contributed by atoms with Crippen LogP contribution < -0.4 is 10.5 Å². The predicted molar refractivity (Wildman–Crippen MR) is 78.7 cm³/mol. The first-order valence-electron chi connectivity index (χ1n) is 5.55. The van der Waals surface area contributed by atoms with Gasteiger partial charge < -0.3 is 10.5 Å². The van der Waals surface area contributed by atoms with Crippen molar-refractivity contribution in [2.45, 2.75) is 6.61 Å². The lowest BCUT2D eigenvalue weighted by atomic mass is 10.3. The standard InChI is InChI=1S/C12H8BrClFN3O3/c13-6-3-10(18(19)20)11(4-8(6)15)21-5-9-7(14)1-2-12(16)17-9/h1-4H,5H2,(H2,16,17). The molecule has 2 N–H and O–H groups in total. The van der Waals surface area contributed by atoms with Crippen molar-refractivity contribution in [3.8, 4) is 5.75 Å². The lowest BCUT2D eigenvalue weighted by Crippen LogP contribution is -2.04. The largest absolute Gasteiger partial charge is 0.480 e. The second-order valence-corrected chi connectivity index (χ2v) is 5.21. The third-order valence-electron chi connectivity index (χ3n) is 2.50. The van der Waals surface area contributed by atoms with Gasteiger partial charge in [0.1, 0.15) is 18.2 Å². The molecule has 0 aliphatic heterocycles. The summed E-state index contributed by atoms with van der Waals surface area (Å²) in [5.41, 5.74) is 5.45. The van der Waals surface area contributed by atoms with E-state index >= 15 is 0 Å². The van der Waals surface area contributed by atoms with Gasteiger partial charge in [0.15, 0.2) is 0 Å². The molecule has 2 rings (SSSR count). The number of nitrogens with zero attached hydrogens (tertiary/aromatic N) is 2. The minimum atomic E-state index is -0.678. The lowest BCUT2D eigenvalue weighted by molar-refractivity contribution is -0.386. The molecule has 0 fully saturated rings. The fraction of sp³-hybridized carbons (Fsp3) is 0.0833. The Hall–Kier alpha value is -1.93. The van der Waals surface area contributed by atoms with Crippen molar-refractivity contribution in [1.82, 2.24) is 4.98 Å². The molecule has 0 bridgehead atoms. The van der Waals surface area contributed by atoms with Gasteiger partial charge in [-0.1, -0.05) is 11.6 Å². The molecule has 0 aliphatic carbocycles. The number of rotatable bonds is 4. The normalized spacial score (nSPS) is 10.4. The zero-order valence-corrected chi connectivity index (χ0v) is 12.7. The monoisotopic (exact) mass is 375 g/mol. The van der Waals surface area contributed by atoms with Crippen LogP contribution in [0.25, 0.3) is 0 Å². The number of benzene rings is 1. The fourth-order valence-electron chi connectivity index (χ4n) is 1.52. The van der Waals surface area contributed by atoms with Gasteiger partial charge in [0.05, 0.1) is 20.1 Å². The molecular formula is C12H8BrClFN3O3. The van der Waals surface area contributed by atoms with E-state index in [9.17, 15) is 14.5 Å². The third-order valence-corrected chi connectivity index (χ3v) is 3.45. The van der Waals surface area contributed by atoms with E-state index in [0.29, 0.717) is 10.7 Å². The summed E-state index contributed by atoms with van der Waals surface area (Å²) in [5, 5.41) is 11.2. The van der Waals surface area contributed by atoms with Crippen LogP contribution in [-0.4, -0.2) is 9.91 Å². The van der Waals surface area contributed by atoms with E-state index in [4.69, 9.17) is 22.1 Å². The Balaban J connectivity index is 2.29. The van der Waals surface area contributed by atoms with Gasteiger partial charge in [-0.2, -0.15) is 0 Å². The van der Waals surface area contributed by atoms with Crippen LogP contribution in [-0.2, 0) is 6.61 Å². The number of nitrogen functional groups attached to an aromatic ring is 1. The van der Waals surface area contributed by atoms with Crippen LogP contribution in [0.2, 0.25) is 5.02 Å². The number of nitro benzene ring substituents is 1. The van der Waals surface area contributed by atoms with Crippen LogP contribution in [0.15, 0.2) is 28.7 Å². The summed E-state index contributed by atoms with van der Waals surface area (Å²) in [7, 11) is 0. The smallest absolute Gasteiger partial charge is 0.312 e. The molecule has 9 heteroatoms. The van der Waals surface area contributed by atoms with Gasteiger partial charge in [0.2, 0.25) is 5.75 Å². The zero-order chi connectivity index (χ0) is 15.6. The second-order valence-electron chi connectivity index (χ2n) is 3.94. The van der Waals surface area contributed by atoms with Gasteiger partial charge in [0, 0.05) is 12.1 Å². The van der Waals surface area contributed by atoms with E-state index in [2.05, 4.69) is 20.9 Å². The highest BCUT2D eigenvalue weighted by Crippen LogP contribution is 2.33. The molecule has 6 nitrogen and oxygen atoms in total. The Kier molecular flexibility index (Phi) is 4.59. The number of anilines is 1. The van der Waals surface area contributed by atoms with E-state index in [-0.39, 0.29) is 28.3 Å². The minimum absolute atomic E-state index is 0.0262. The number of pyridine rings is 1. The average Bonchev–Trinajstić information content (AvgIpc) is 2.42. The molecule has 2 aromatic rings. The zero-order valence-electron chi connectivity index (χ0n) is 10.3. The van der Waals surface area contributed by atoms with Crippen molar-refractivity contribution in [2.24, 2.45) is 0 Å².